The first kappa shape index (κ1) is 57.8. The van der Waals surface area contributed by atoms with Crippen LogP contribution in [0.5, 0.6) is 0 Å². The lowest BCUT2D eigenvalue weighted by Gasteiger charge is -2.35. The number of rotatable bonds is 42. The molecular weight excluding hydrogens is 755 g/mol. The second-order valence-electron chi connectivity index (χ2n) is 18.5. The monoisotopic (exact) mass is 852 g/mol. The van der Waals surface area contributed by atoms with Crippen LogP contribution in [0.1, 0.15) is 235 Å². The Morgan fingerprint density at radius 3 is 1.28 bits per heavy atom. The van der Waals surface area contributed by atoms with E-state index in [2.05, 4.69) is 39.5 Å². The van der Waals surface area contributed by atoms with Crippen molar-refractivity contribution in [1.29, 1.82) is 0 Å². The number of hydrogen-bond donors (Lipinski definition) is 0. The van der Waals surface area contributed by atoms with Crippen molar-refractivity contribution in [2.75, 3.05) is 40.5 Å². The molecule has 0 heterocycles. The molecule has 0 aromatic rings. The summed E-state index contributed by atoms with van der Waals surface area (Å²) in [5.74, 6) is -1.26. The molecule has 0 N–H and O–H groups in total. The highest BCUT2D eigenvalue weighted by Crippen LogP contribution is 2.34. The molecule has 0 amide bonds. The van der Waals surface area contributed by atoms with Crippen LogP contribution in [0.3, 0.4) is 0 Å². The molecule has 1 atom stereocenters. The number of unbranched alkanes of at least 4 members (excludes halogenated alkanes) is 12. The molecule has 9 nitrogen and oxygen atoms in total. The maximum atomic E-state index is 14.1. The van der Waals surface area contributed by atoms with E-state index in [0.717, 1.165) is 141 Å². The van der Waals surface area contributed by atoms with Crippen LogP contribution in [0.15, 0.2) is 0 Å². The molecule has 0 saturated heterocycles. The summed E-state index contributed by atoms with van der Waals surface area (Å²) in [4.78, 5) is 57.2. The number of nitrogens with zero attached hydrogens (tertiary/aromatic N) is 1. The summed E-state index contributed by atoms with van der Waals surface area (Å²) >= 11 is 0. The van der Waals surface area contributed by atoms with Crippen LogP contribution in [-0.2, 0) is 38.1 Å². The number of carbonyl (C=O) groups is 4. The van der Waals surface area contributed by atoms with Crippen molar-refractivity contribution in [3.8, 4) is 0 Å². The number of carbonyl (C=O) groups excluding carboxylic acids is 4. The zero-order valence-electron chi connectivity index (χ0n) is 40.9. The molecule has 0 saturated carbocycles. The zero-order chi connectivity index (χ0) is 44.9. The fraction of sp³-hybridized carbons (Fsp3) is 0.922. The zero-order valence-corrected chi connectivity index (χ0v) is 40.9. The molecule has 0 aliphatic rings. The average Bonchev–Trinajstić information content (AvgIpc) is 3.23. The van der Waals surface area contributed by atoms with E-state index in [0.29, 0.717) is 38.5 Å². The first-order chi connectivity index (χ1) is 28.9. The van der Waals surface area contributed by atoms with Crippen LogP contribution in [0.25, 0.3) is 0 Å². The molecule has 0 fully saturated rings. The number of hydrogen-bond acceptors (Lipinski definition) is 9. The molecule has 0 radical (unpaired) electrons. The molecule has 0 aromatic heterocycles. The fourth-order valence-electron chi connectivity index (χ4n) is 8.15. The summed E-state index contributed by atoms with van der Waals surface area (Å²) in [6, 6.07) is 0. The lowest BCUT2D eigenvalue weighted by Crippen LogP contribution is -2.43. The normalized spacial score (nSPS) is 12.4. The summed E-state index contributed by atoms with van der Waals surface area (Å²) in [6.45, 7) is 15.5. The van der Waals surface area contributed by atoms with E-state index < -0.39 is 11.3 Å². The van der Waals surface area contributed by atoms with E-state index in [1.807, 2.05) is 27.9 Å². The van der Waals surface area contributed by atoms with E-state index in [-0.39, 0.29) is 74.5 Å². The molecular formula is C51H97NO8. The molecule has 0 aliphatic heterocycles. The van der Waals surface area contributed by atoms with Crippen LogP contribution in [0.4, 0.5) is 0 Å². The van der Waals surface area contributed by atoms with Gasteiger partial charge in [-0.1, -0.05) is 151 Å². The Morgan fingerprint density at radius 1 is 0.483 bits per heavy atom. The van der Waals surface area contributed by atoms with Gasteiger partial charge in [-0.15, -0.1) is 0 Å². The number of ether oxygens (including phenoxy) is 4. The summed E-state index contributed by atoms with van der Waals surface area (Å²) in [5, 5.41) is 0. The van der Waals surface area contributed by atoms with Crippen LogP contribution in [0.2, 0.25) is 0 Å². The van der Waals surface area contributed by atoms with Gasteiger partial charge in [-0.2, -0.15) is 0 Å². The van der Waals surface area contributed by atoms with Gasteiger partial charge in [-0.05, 0) is 96.7 Å². The Hall–Kier alpha value is -2.16. The number of esters is 4. The van der Waals surface area contributed by atoms with Gasteiger partial charge in [0.25, 0.3) is 0 Å². The van der Waals surface area contributed by atoms with E-state index in [1.165, 1.54) is 0 Å². The highest BCUT2D eigenvalue weighted by atomic mass is 16.6. The molecule has 354 valence electrons. The Kier molecular flexibility index (Phi) is 37.1. The van der Waals surface area contributed by atoms with Crippen molar-refractivity contribution in [3.05, 3.63) is 0 Å². The molecule has 9 heteroatoms. The predicted molar refractivity (Wildman–Crippen MR) is 248 cm³/mol. The Balaban J connectivity index is 6.84. The molecule has 1 unspecified atom stereocenters. The van der Waals surface area contributed by atoms with Crippen molar-refractivity contribution in [3.63, 3.8) is 0 Å². The first-order valence-corrected chi connectivity index (χ1v) is 25.2. The second-order valence-corrected chi connectivity index (χ2v) is 18.5. The summed E-state index contributed by atoms with van der Waals surface area (Å²) in [7, 11) is 4.03. The molecule has 60 heavy (non-hydrogen) atoms. The van der Waals surface area contributed by atoms with Gasteiger partial charge >= 0.3 is 23.9 Å². The summed E-state index contributed by atoms with van der Waals surface area (Å²) < 4.78 is 24.6. The van der Waals surface area contributed by atoms with Gasteiger partial charge in [0.2, 0.25) is 0 Å². The first-order valence-electron chi connectivity index (χ1n) is 25.2. The largest absolute Gasteiger partial charge is 0.465 e. The molecule has 0 spiro atoms. The highest BCUT2D eigenvalue weighted by molar-refractivity contribution is 5.73. The van der Waals surface area contributed by atoms with Crippen LogP contribution >= 0.6 is 0 Å². The van der Waals surface area contributed by atoms with E-state index >= 15 is 0 Å². The van der Waals surface area contributed by atoms with Crippen LogP contribution < -0.4 is 0 Å². The van der Waals surface area contributed by atoms with Gasteiger partial charge < -0.3 is 23.8 Å². The van der Waals surface area contributed by atoms with E-state index in [4.69, 9.17) is 18.9 Å². The van der Waals surface area contributed by atoms with E-state index in [1.54, 1.807) is 0 Å². The summed E-state index contributed by atoms with van der Waals surface area (Å²) in [5.41, 5.74) is -1.12. The fourth-order valence-corrected chi connectivity index (χ4v) is 8.15. The van der Waals surface area contributed by atoms with Crippen molar-refractivity contribution in [2.24, 2.45) is 23.2 Å². The Morgan fingerprint density at radius 2 is 0.883 bits per heavy atom. The van der Waals surface area contributed by atoms with Crippen molar-refractivity contribution < 1.29 is 38.1 Å². The highest BCUT2D eigenvalue weighted by Gasteiger charge is 2.41. The topological polar surface area (TPSA) is 108 Å². The van der Waals surface area contributed by atoms with Crippen molar-refractivity contribution >= 4 is 23.9 Å². The second kappa shape index (κ2) is 38.5. The maximum absolute atomic E-state index is 14.1. The van der Waals surface area contributed by atoms with E-state index in [9.17, 15) is 19.2 Å². The lowest BCUT2D eigenvalue weighted by molar-refractivity contribution is -0.167. The lowest BCUT2D eigenvalue weighted by atomic mass is 9.78. The standard InChI is InChI=1S/C51H97NO8/c1-10-17-22-27-34-45(50(56)60-46(15-6)16-7)39-51(40-57-47(53)35-28-29-36-52(8)9,41-58-48(54)37-43(30-23-18-11-2)31-24-19-12-3)42-59-49(55)38-44(32-25-20-13-4)33-26-21-14-5/h43-46H,10-42H2,1-9H3. The molecule has 0 aromatic carbocycles. The van der Waals surface area contributed by atoms with Crippen LogP contribution in [0, 0.1) is 23.2 Å². The van der Waals surface area contributed by atoms with Gasteiger partial charge in [-0.25, -0.2) is 0 Å². The van der Waals surface area contributed by atoms with Crippen molar-refractivity contribution in [2.45, 2.75) is 241 Å². The average molecular weight is 852 g/mol. The predicted octanol–water partition coefficient (Wildman–Crippen LogP) is 13.4. The minimum Gasteiger partial charge on any atom is -0.465 e. The minimum atomic E-state index is -1.12. The maximum Gasteiger partial charge on any atom is 0.309 e. The molecule has 0 aliphatic carbocycles. The quantitative estimate of drug-likeness (QED) is 0.0337. The third-order valence-electron chi connectivity index (χ3n) is 12.2. The minimum absolute atomic E-state index is 0.107. The SMILES string of the molecule is CCCCCCC(CC(COC(=O)CCCCN(C)C)(COC(=O)CC(CCCCC)CCCCC)COC(=O)CC(CCCCC)CCCCC)C(=O)OC(CC)CC. The van der Waals surface area contributed by atoms with Gasteiger partial charge in [0.1, 0.15) is 25.9 Å². The van der Waals surface area contributed by atoms with Gasteiger partial charge in [-0.3, -0.25) is 19.2 Å². The smallest absolute Gasteiger partial charge is 0.309 e. The molecule has 0 rings (SSSR count). The van der Waals surface area contributed by atoms with Gasteiger partial charge in [0.15, 0.2) is 0 Å². The Labute approximate surface area is 370 Å². The van der Waals surface area contributed by atoms with Gasteiger partial charge in [0.05, 0.1) is 11.3 Å². The molecule has 0 bridgehead atoms. The summed E-state index contributed by atoms with van der Waals surface area (Å²) in [6.07, 6.45) is 25.8. The van der Waals surface area contributed by atoms with Crippen LogP contribution in [-0.4, -0.2) is 75.3 Å². The van der Waals surface area contributed by atoms with Crippen molar-refractivity contribution in [1.82, 2.24) is 4.90 Å². The van der Waals surface area contributed by atoms with Gasteiger partial charge in [0, 0.05) is 19.3 Å². The third-order valence-corrected chi connectivity index (χ3v) is 12.2. The Bertz CT molecular complexity index is 998. The third kappa shape index (κ3) is 30.8.